The zero-order chi connectivity index (χ0) is 18.8. The number of carbonyl (C=O) groups excluding carboxylic acids is 1. The Hall–Kier alpha value is -2.17. The predicted octanol–water partition coefficient (Wildman–Crippen LogP) is 3.28. The summed E-state index contributed by atoms with van der Waals surface area (Å²) in [6, 6.07) is 1.13. The predicted molar refractivity (Wildman–Crippen MR) is 77.4 cm³/mol. The number of rotatable bonds is 6. The van der Waals surface area contributed by atoms with Gasteiger partial charge in [0.1, 0.15) is 5.69 Å². The molecular weight excluding hydrogens is 373 g/mol. The summed E-state index contributed by atoms with van der Waals surface area (Å²) in [6.07, 6.45) is -3.42. The third-order valence-corrected chi connectivity index (χ3v) is 3.73. The van der Waals surface area contributed by atoms with E-state index in [1.54, 1.807) is 0 Å². The molecule has 0 radical (unpaired) electrons. The van der Waals surface area contributed by atoms with E-state index >= 15 is 0 Å². The first kappa shape index (κ1) is 19.2. The van der Waals surface area contributed by atoms with Gasteiger partial charge in [-0.15, -0.1) is 0 Å². The van der Waals surface area contributed by atoms with Crippen LogP contribution in [0, 0.1) is 6.92 Å². The third kappa shape index (κ3) is 4.47. The van der Waals surface area contributed by atoms with Gasteiger partial charge in [0.25, 0.3) is 5.91 Å². The van der Waals surface area contributed by atoms with Crippen LogP contribution in [-0.2, 0) is 12.7 Å². The molecule has 1 amide bonds. The first-order valence-electron chi connectivity index (χ1n) is 7.03. The molecule has 0 fully saturated rings. The van der Waals surface area contributed by atoms with Gasteiger partial charge in [-0.05, 0) is 19.4 Å². The topological polar surface area (TPSA) is 64.7 Å². The highest BCUT2D eigenvalue weighted by Crippen LogP contribution is 2.35. The fourth-order valence-corrected chi connectivity index (χ4v) is 2.25. The number of alkyl halides is 5. The lowest BCUT2D eigenvalue weighted by Gasteiger charge is -2.06. The Kier molecular flexibility index (Phi) is 5.65. The van der Waals surface area contributed by atoms with Gasteiger partial charge in [-0.25, -0.2) is 4.68 Å². The van der Waals surface area contributed by atoms with Crippen LogP contribution in [0.2, 0.25) is 5.02 Å². The number of amides is 1. The van der Waals surface area contributed by atoms with Crippen LogP contribution >= 0.6 is 11.6 Å². The Balaban J connectivity index is 1.88. The number of nitrogens with one attached hydrogen (secondary N) is 1. The van der Waals surface area contributed by atoms with Crippen molar-refractivity contribution in [1.82, 2.24) is 24.9 Å². The summed E-state index contributed by atoms with van der Waals surface area (Å²) in [5.41, 5.74) is -1.18. The zero-order valence-electron chi connectivity index (χ0n) is 12.8. The summed E-state index contributed by atoms with van der Waals surface area (Å²) in [4.78, 5) is 11.7. The molecule has 0 bridgehead atoms. The van der Waals surface area contributed by atoms with Crippen molar-refractivity contribution in [2.24, 2.45) is 0 Å². The van der Waals surface area contributed by atoms with E-state index < -0.39 is 29.3 Å². The minimum atomic E-state index is -4.65. The molecule has 0 aliphatic rings. The number of nitrogens with zero attached hydrogens (tertiary/aromatic N) is 4. The summed E-state index contributed by atoms with van der Waals surface area (Å²) in [5, 5.41) is 8.80. The van der Waals surface area contributed by atoms with Crippen molar-refractivity contribution < 1.29 is 26.7 Å². The molecule has 2 heterocycles. The van der Waals surface area contributed by atoms with Gasteiger partial charge >= 0.3 is 12.7 Å². The summed E-state index contributed by atoms with van der Waals surface area (Å²) in [5.74, 6) is -0.661. The van der Waals surface area contributed by atoms with Crippen molar-refractivity contribution in [2.75, 3.05) is 6.54 Å². The average molecular weight is 386 g/mol. The van der Waals surface area contributed by atoms with Gasteiger partial charge in [-0.3, -0.25) is 9.48 Å². The van der Waals surface area contributed by atoms with Crippen LogP contribution in [0.15, 0.2) is 12.3 Å². The van der Waals surface area contributed by atoms with Crippen molar-refractivity contribution in [3.8, 4) is 0 Å². The molecule has 0 saturated heterocycles. The molecule has 6 nitrogen and oxygen atoms in total. The molecule has 0 aliphatic heterocycles. The van der Waals surface area contributed by atoms with Crippen molar-refractivity contribution in [3.05, 3.63) is 34.4 Å². The highest BCUT2D eigenvalue weighted by atomic mass is 35.5. The minimum Gasteiger partial charge on any atom is -0.351 e. The highest BCUT2D eigenvalue weighted by Gasteiger charge is 2.38. The Morgan fingerprint density at radius 2 is 2.04 bits per heavy atom. The zero-order valence-corrected chi connectivity index (χ0v) is 13.6. The number of hydrogen-bond acceptors (Lipinski definition) is 3. The van der Waals surface area contributed by atoms with E-state index in [0.29, 0.717) is 4.68 Å². The number of carbonyl (C=O) groups is 1. The van der Waals surface area contributed by atoms with Gasteiger partial charge in [-0.2, -0.15) is 32.1 Å². The Morgan fingerprint density at radius 3 is 2.56 bits per heavy atom. The van der Waals surface area contributed by atoms with Crippen LogP contribution in [0.5, 0.6) is 0 Å². The first-order valence-corrected chi connectivity index (χ1v) is 7.40. The van der Waals surface area contributed by atoms with E-state index in [1.807, 2.05) is 0 Å². The van der Waals surface area contributed by atoms with E-state index in [2.05, 4.69) is 15.5 Å². The van der Waals surface area contributed by atoms with E-state index in [1.165, 1.54) is 6.92 Å². The van der Waals surface area contributed by atoms with Gasteiger partial charge in [0, 0.05) is 19.3 Å². The quantitative estimate of drug-likeness (QED) is 0.613. The fraction of sp³-hybridized carbons (Fsp3) is 0.462. The maximum Gasteiger partial charge on any atom is 0.436 e. The van der Waals surface area contributed by atoms with Crippen molar-refractivity contribution in [3.63, 3.8) is 0 Å². The lowest BCUT2D eigenvalue weighted by Crippen LogP contribution is -2.26. The Morgan fingerprint density at radius 1 is 1.36 bits per heavy atom. The van der Waals surface area contributed by atoms with Gasteiger partial charge < -0.3 is 5.32 Å². The molecule has 2 aromatic heterocycles. The van der Waals surface area contributed by atoms with Crippen molar-refractivity contribution >= 4 is 17.5 Å². The third-order valence-electron chi connectivity index (χ3n) is 3.28. The summed E-state index contributed by atoms with van der Waals surface area (Å²) >= 11 is 5.62. The Bertz CT molecular complexity index is 755. The second kappa shape index (κ2) is 7.38. The molecule has 0 atom stereocenters. The fourth-order valence-electron chi connectivity index (χ4n) is 2.01. The normalized spacial score (nSPS) is 12.0. The number of aromatic nitrogens is 4. The van der Waals surface area contributed by atoms with Gasteiger partial charge in [0.05, 0.1) is 10.7 Å². The smallest absolute Gasteiger partial charge is 0.351 e. The lowest BCUT2D eigenvalue weighted by molar-refractivity contribution is -0.141. The summed E-state index contributed by atoms with van der Waals surface area (Å²) in [6.45, 7) is -1.26. The van der Waals surface area contributed by atoms with E-state index in [4.69, 9.17) is 11.6 Å². The van der Waals surface area contributed by atoms with Crippen LogP contribution < -0.4 is 5.32 Å². The molecular formula is C13H13ClF5N5O. The summed E-state index contributed by atoms with van der Waals surface area (Å²) in [7, 11) is 0. The number of aryl methyl sites for hydroxylation is 1. The molecule has 2 aromatic rings. The maximum absolute atomic E-state index is 12.7. The summed E-state index contributed by atoms with van der Waals surface area (Å²) < 4.78 is 64.3. The molecule has 0 aliphatic carbocycles. The molecule has 0 unspecified atom stereocenters. The van der Waals surface area contributed by atoms with Crippen LogP contribution in [-0.4, -0.2) is 32.0 Å². The molecule has 1 N–H and O–H groups in total. The minimum absolute atomic E-state index is 0.0907. The molecule has 0 saturated carbocycles. The number of halogens is 6. The maximum atomic E-state index is 12.7. The molecule has 2 rings (SSSR count). The molecule has 12 heteroatoms. The van der Waals surface area contributed by atoms with Crippen LogP contribution in [0.25, 0.3) is 0 Å². The number of hydrogen-bond donors (Lipinski definition) is 1. The second-order valence-corrected chi connectivity index (χ2v) is 5.41. The molecule has 138 valence electrons. The van der Waals surface area contributed by atoms with E-state index in [0.717, 1.165) is 16.9 Å². The van der Waals surface area contributed by atoms with Gasteiger partial charge in [-0.1, -0.05) is 11.6 Å². The van der Waals surface area contributed by atoms with Crippen LogP contribution in [0.4, 0.5) is 22.0 Å². The Labute approximate surface area is 143 Å². The standard InChI is InChI=1S/C13H13ClF5N5O/c1-7-9(14)10(13(17,18)19)22-23(7)5-2-4-20-11(25)8-3-6-24(21-8)12(15)16/h3,6,12H,2,4-5H2,1H3,(H,20,25). The van der Waals surface area contributed by atoms with Crippen LogP contribution in [0.3, 0.4) is 0 Å². The highest BCUT2D eigenvalue weighted by molar-refractivity contribution is 6.31. The average Bonchev–Trinajstić information content (AvgIpc) is 3.11. The lowest BCUT2D eigenvalue weighted by atomic mass is 10.3. The van der Waals surface area contributed by atoms with Gasteiger partial charge in [0.15, 0.2) is 5.69 Å². The van der Waals surface area contributed by atoms with Gasteiger partial charge in [0.2, 0.25) is 0 Å². The van der Waals surface area contributed by atoms with Crippen LogP contribution in [0.1, 0.15) is 34.8 Å². The molecule has 0 spiro atoms. The SMILES string of the molecule is Cc1c(Cl)c(C(F)(F)F)nn1CCCNC(=O)c1ccn(C(F)F)n1. The largest absolute Gasteiger partial charge is 0.436 e. The van der Waals surface area contributed by atoms with E-state index in [-0.39, 0.29) is 30.9 Å². The second-order valence-electron chi connectivity index (χ2n) is 5.04. The monoisotopic (exact) mass is 385 g/mol. The van der Waals surface area contributed by atoms with Crippen molar-refractivity contribution in [1.29, 1.82) is 0 Å². The first-order chi connectivity index (χ1) is 11.6. The van der Waals surface area contributed by atoms with Crippen molar-refractivity contribution in [2.45, 2.75) is 32.6 Å². The van der Waals surface area contributed by atoms with E-state index in [9.17, 15) is 26.7 Å². The molecule has 25 heavy (non-hydrogen) atoms. The molecule has 0 aromatic carbocycles.